The van der Waals surface area contributed by atoms with E-state index in [4.69, 9.17) is 0 Å². The van der Waals surface area contributed by atoms with Gasteiger partial charge in [0.25, 0.3) is 0 Å². The third-order valence-corrected chi connectivity index (χ3v) is 3.54. The molecule has 1 unspecified atom stereocenters. The summed E-state index contributed by atoms with van der Waals surface area (Å²) in [5, 5.41) is 7.29. The number of amides is 1. The van der Waals surface area contributed by atoms with Gasteiger partial charge in [0.15, 0.2) is 0 Å². The van der Waals surface area contributed by atoms with E-state index in [1.54, 1.807) is 0 Å². The molecule has 2 aromatic rings. The first-order valence-corrected chi connectivity index (χ1v) is 6.69. The van der Waals surface area contributed by atoms with Gasteiger partial charge in [-0.15, -0.1) is 0 Å². The predicted molar refractivity (Wildman–Crippen MR) is 73.0 cm³/mol. The van der Waals surface area contributed by atoms with Crippen LogP contribution in [0.15, 0.2) is 42.7 Å². The van der Waals surface area contributed by atoms with Gasteiger partial charge >= 0.3 is 0 Å². The number of carbonyl (C=O) groups is 1. The number of carbonyl (C=O) groups excluding carboxylic acids is 1. The van der Waals surface area contributed by atoms with Crippen molar-refractivity contribution in [2.24, 2.45) is 5.92 Å². The maximum atomic E-state index is 11.7. The van der Waals surface area contributed by atoms with Crippen molar-refractivity contribution < 1.29 is 4.79 Å². The Morgan fingerprint density at radius 1 is 1.32 bits per heavy atom. The molecule has 1 aromatic carbocycles. The topological polar surface area (TPSA) is 46.9 Å². The predicted octanol–water partition coefficient (Wildman–Crippen LogP) is 1.94. The maximum Gasteiger partial charge on any atom is 0.223 e. The van der Waals surface area contributed by atoms with Crippen LogP contribution in [0.3, 0.4) is 0 Å². The van der Waals surface area contributed by atoms with Crippen LogP contribution in [0.5, 0.6) is 0 Å². The maximum absolute atomic E-state index is 11.7. The number of hydrogen-bond donors (Lipinski definition) is 1. The highest BCUT2D eigenvalue weighted by atomic mass is 16.1. The number of nitrogens with one attached hydrogen (secondary N) is 1. The van der Waals surface area contributed by atoms with Crippen molar-refractivity contribution in [2.45, 2.75) is 19.3 Å². The van der Waals surface area contributed by atoms with Gasteiger partial charge in [-0.25, -0.2) is 4.68 Å². The Kier molecular flexibility index (Phi) is 3.31. The summed E-state index contributed by atoms with van der Waals surface area (Å²) in [6.45, 7) is 0.818. The molecule has 1 aliphatic heterocycles. The van der Waals surface area contributed by atoms with E-state index < -0.39 is 0 Å². The summed E-state index contributed by atoms with van der Waals surface area (Å²) in [7, 11) is 0. The van der Waals surface area contributed by atoms with E-state index in [9.17, 15) is 4.79 Å². The molecule has 1 atom stereocenters. The van der Waals surface area contributed by atoms with Crippen molar-refractivity contribution in [2.75, 3.05) is 6.54 Å². The number of para-hydroxylation sites is 1. The van der Waals surface area contributed by atoms with Crippen LogP contribution in [0.25, 0.3) is 5.69 Å². The Morgan fingerprint density at radius 2 is 2.16 bits per heavy atom. The lowest BCUT2D eigenvalue weighted by molar-refractivity contribution is -0.126. The van der Waals surface area contributed by atoms with Crippen LogP contribution in [0.4, 0.5) is 0 Å². The SMILES string of the molecule is O=C1NCCCC1Cc1cnn(-c2ccccc2)c1. The number of hydrogen-bond acceptors (Lipinski definition) is 2. The first kappa shape index (κ1) is 12.0. The first-order valence-electron chi connectivity index (χ1n) is 6.69. The molecule has 1 saturated heterocycles. The monoisotopic (exact) mass is 255 g/mol. The number of piperidine rings is 1. The second kappa shape index (κ2) is 5.26. The Hall–Kier alpha value is -2.10. The van der Waals surface area contributed by atoms with E-state index in [1.165, 1.54) is 0 Å². The normalized spacial score (nSPS) is 19.2. The van der Waals surface area contributed by atoms with Gasteiger partial charge in [0, 0.05) is 18.7 Å². The molecule has 4 heteroatoms. The minimum atomic E-state index is 0.0992. The Balaban J connectivity index is 1.73. The summed E-state index contributed by atoms with van der Waals surface area (Å²) >= 11 is 0. The van der Waals surface area contributed by atoms with Gasteiger partial charge in [0.05, 0.1) is 11.9 Å². The molecule has 0 bridgehead atoms. The largest absolute Gasteiger partial charge is 0.356 e. The van der Waals surface area contributed by atoms with E-state index in [0.29, 0.717) is 0 Å². The standard InChI is InChI=1S/C15H17N3O/c19-15-13(5-4-8-16-15)9-12-10-17-18(11-12)14-6-2-1-3-7-14/h1-3,6-7,10-11,13H,4-5,8-9H2,(H,16,19). The van der Waals surface area contributed by atoms with E-state index in [-0.39, 0.29) is 11.8 Å². The summed E-state index contributed by atoms with van der Waals surface area (Å²) in [6.07, 6.45) is 6.69. The molecule has 1 fully saturated rings. The highest BCUT2D eigenvalue weighted by molar-refractivity contribution is 5.79. The summed E-state index contributed by atoms with van der Waals surface area (Å²) in [4.78, 5) is 11.7. The third kappa shape index (κ3) is 2.67. The molecule has 1 aromatic heterocycles. The van der Waals surface area contributed by atoms with Crippen LogP contribution in [-0.4, -0.2) is 22.2 Å². The van der Waals surface area contributed by atoms with Crippen LogP contribution < -0.4 is 5.32 Å². The Morgan fingerprint density at radius 3 is 2.95 bits per heavy atom. The minimum absolute atomic E-state index is 0.0992. The Bertz CT molecular complexity index is 562. The molecule has 98 valence electrons. The smallest absolute Gasteiger partial charge is 0.223 e. The molecule has 1 aliphatic rings. The van der Waals surface area contributed by atoms with E-state index in [0.717, 1.165) is 37.1 Å². The first-order chi connectivity index (χ1) is 9.33. The van der Waals surface area contributed by atoms with Gasteiger partial charge in [-0.3, -0.25) is 4.79 Å². The average Bonchev–Trinajstić information content (AvgIpc) is 2.91. The fraction of sp³-hybridized carbons (Fsp3) is 0.333. The number of rotatable bonds is 3. The Labute approximate surface area is 112 Å². The summed E-state index contributed by atoms with van der Waals surface area (Å²) in [6, 6.07) is 10.0. The minimum Gasteiger partial charge on any atom is -0.356 e. The molecule has 19 heavy (non-hydrogen) atoms. The number of nitrogens with zero attached hydrogens (tertiary/aromatic N) is 2. The summed E-state index contributed by atoms with van der Waals surface area (Å²) < 4.78 is 1.86. The highest BCUT2D eigenvalue weighted by Gasteiger charge is 2.22. The molecule has 0 saturated carbocycles. The summed E-state index contributed by atoms with van der Waals surface area (Å²) in [5.41, 5.74) is 2.16. The van der Waals surface area contributed by atoms with Crippen LogP contribution in [0, 0.1) is 5.92 Å². The second-order valence-corrected chi connectivity index (χ2v) is 4.96. The van der Waals surface area contributed by atoms with Gasteiger partial charge in [-0.2, -0.15) is 5.10 Å². The molecule has 0 spiro atoms. The van der Waals surface area contributed by atoms with Crippen LogP contribution in [0.1, 0.15) is 18.4 Å². The zero-order chi connectivity index (χ0) is 13.1. The zero-order valence-corrected chi connectivity index (χ0v) is 10.7. The van der Waals surface area contributed by atoms with Crippen molar-refractivity contribution in [1.82, 2.24) is 15.1 Å². The van der Waals surface area contributed by atoms with Crippen molar-refractivity contribution in [3.63, 3.8) is 0 Å². The van der Waals surface area contributed by atoms with Crippen molar-refractivity contribution in [1.29, 1.82) is 0 Å². The number of benzene rings is 1. The number of aromatic nitrogens is 2. The van der Waals surface area contributed by atoms with Crippen LogP contribution in [0.2, 0.25) is 0 Å². The summed E-state index contributed by atoms with van der Waals surface area (Å²) in [5.74, 6) is 0.279. The van der Waals surface area contributed by atoms with Crippen LogP contribution in [-0.2, 0) is 11.2 Å². The molecule has 1 N–H and O–H groups in total. The van der Waals surface area contributed by atoms with Gasteiger partial charge in [-0.1, -0.05) is 18.2 Å². The lowest BCUT2D eigenvalue weighted by atomic mass is 9.93. The molecular formula is C15H17N3O. The van der Waals surface area contributed by atoms with Crippen molar-refractivity contribution >= 4 is 5.91 Å². The van der Waals surface area contributed by atoms with Gasteiger partial charge in [-0.05, 0) is 37.0 Å². The molecule has 3 rings (SSSR count). The molecular weight excluding hydrogens is 238 g/mol. The van der Waals surface area contributed by atoms with E-state index in [2.05, 4.69) is 10.4 Å². The van der Waals surface area contributed by atoms with Gasteiger partial charge in [0.1, 0.15) is 0 Å². The molecule has 2 heterocycles. The molecule has 1 amide bonds. The fourth-order valence-electron chi connectivity index (χ4n) is 2.50. The van der Waals surface area contributed by atoms with Crippen LogP contribution >= 0.6 is 0 Å². The third-order valence-electron chi connectivity index (χ3n) is 3.54. The second-order valence-electron chi connectivity index (χ2n) is 4.96. The van der Waals surface area contributed by atoms with Crippen molar-refractivity contribution in [3.05, 3.63) is 48.3 Å². The molecule has 0 aliphatic carbocycles. The van der Waals surface area contributed by atoms with E-state index >= 15 is 0 Å². The van der Waals surface area contributed by atoms with Crippen molar-refractivity contribution in [3.8, 4) is 5.69 Å². The van der Waals surface area contributed by atoms with E-state index in [1.807, 2.05) is 47.4 Å². The fourth-order valence-corrected chi connectivity index (χ4v) is 2.50. The molecule has 4 nitrogen and oxygen atoms in total. The highest BCUT2D eigenvalue weighted by Crippen LogP contribution is 2.18. The molecule has 0 radical (unpaired) electrons. The lowest BCUT2D eigenvalue weighted by Gasteiger charge is -2.20. The zero-order valence-electron chi connectivity index (χ0n) is 10.7. The van der Waals surface area contributed by atoms with Gasteiger partial charge < -0.3 is 5.32 Å². The average molecular weight is 255 g/mol. The lowest BCUT2D eigenvalue weighted by Crippen LogP contribution is -2.37. The van der Waals surface area contributed by atoms with Gasteiger partial charge in [0.2, 0.25) is 5.91 Å². The quantitative estimate of drug-likeness (QED) is 0.911.